The largest absolute Gasteiger partial charge is 0.502 e. The maximum Gasteiger partial charge on any atom is 0.416 e. The number of benzene rings is 1. The van der Waals surface area contributed by atoms with Crippen LogP contribution in [0.2, 0.25) is 25.7 Å². The summed E-state index contributed by atoms with van der Waals surface area (Å²) in [4.78, 5) is 29.0. The minimum atomic E-state index is -1.45. The minimum absolute atomic E-state index is 0.0132. The molecule has 2 aliphatic heterocycles. The van der Waals surface area contributed by atoms with E-state index in [1.807, 2.05) is 0 Å². The van der Waals surface area contributed by atoms with E-state index in [1.165, 1.54) is 20.3 Å². The number of aromatic hydroxyl groups is 1. The van der Waals surface area contributed by atoms with Crippen molar-refractivity contribution in [2.45, 2.75) is 50.8 Å². The van der Waals surface area contributed by atoms with Gasteiger partial charge >= 0.3 is 6.09 Å². The molecule has 2 aliphatic rings. The summed E-state index contributed by atoms with van der Waals surface area (Å²) in [6.45, 7) is 7.17. The van der Waals surface area contributed by atoms with E-state index in [-0.39, 0.29) is 41.0 Å². The maximum atomic E-state index is 13.3. The van der Waals surface area contributed by atoms with Crippen molar-refractivity contribution in [1.82, 2.24) is 4.90 Å². The Balaban J connectivity index is 2.11. The van der Waals surface area contributed by atoms with Crippen molar-refractivity contribution in [3.63, 3.8) is 0 Å². The van der Waals surface area contributed by atoms with Gasteiger partial charge in [0.15, 0.2) is 17.7 Å². The van der Waals surface area contributed by atoms with Crippen molar-refractivity contribution in [2.24, 2.45) is 0 Å². The van der Waals surface area contributed by atoms with Crippen LogP contribution in [0.4, 0.5) is 10.5 Å². The molecule has 30 heavy (non-hydrogen) atoms. The van der Waals surface area contributed by atoms with Crippen LogP contribution in [0.25, 0.3) is 0 Å². The minimum Gasteiger partial charge on any atom is -0.502 e. The number of carbonyl (C=O) groups is 2. The number of hydrogen-bond acceptors (Lipinski definition) is 7. The molecule has 10 heteroatoms. The van der Waals surface area contributed by atoms with E-state index in [0.29, 0.717) is 19.4 Å². The number of fused-ring (bicyclic) bond motifs is 2. The van der Waals surface area contributed by atoms with E-state index in [2.05, 4.69) is 19.6 Å². The first-order valence-corrected chi connectivity index (χ1v) is 13.7. The van der Waals surface area contributed by atoms with Crippen LogP contribution >= 0.6 is 0 Å². The standard InChI is InChI=1S/C20H30N2O7Si/c1-27-14-11-12-15(17(28-2)16(14)23)22(20(26)29-9-10-30(3,4)5)19(25)13-7-6-8-21(13)18(12)24/h11,13,19,23,25H,6-10H2,1-5H3/t13-,19-/m0/s1. The predicted octanol–water partition coefficient (Wildman–Crippen LogP) is 2.63. The van der Waals surface area contributed by atoms with Crippen LogP contribution in [0, 0.1) is 0 Å². The molecule has 0 aliphatic carbocycles. The highest BCUT2D eigenvalue weighted by Crippen LogP contribution is 2.49. The van der Waals surface area contributed by atoms with Gasteiger partial charge in [-0.3, -0.25) is 4.79 Å². The van der Waals surface area contributed by atoms with Gasteiger partial charge in [-0.1, -0.05) is 19.6 Å². The number of phenolic OH excluding ortho intramolecular Hbond substituents is 1. The molecule has 0 bridgehead atoms. The van der Waals surface area contributed by atoms with E-state index in [9.17, 15) is 19.8 Å². The average molecular weight is 439 g/mol. The Bertz CT molecular complexity index is 839. The van der Waals surface area contributed by atoms with Gasteiger partial charge in [-0.2, -0.15) is 0 Å². The molecule has 0 aromatic heterocycles. The molecule has 9 nitrogen and oxygen atoms in total. The summed E-state index contributed by atoms with van der Waals surface area (Å²) in [6, 6.07) is 1.55. The third-order valence-electron chi connectivity index (χ3n) is 5.53. The Morgan fingerprint density at radius 2 is 1.97 bits per heavy atom. The number of rotatable bonds is 5. The number of ether oxygens (including phenoxy) is 3. The fourth-order valence-corrected chi connectivity index (χ4v) is 4.61. The van der Waals surface area contributed by atoms with Crippen molar-refractivity contribution in [2.75, 3.05) is 32.3 Å². The molecule has 1 aromatic rings. The monoisotopic (exact) mass is 438 g/mol. The number of methoxy groups -OCH3 is 2. The molecular weight excluding hydrogens is 408 g/mol. The highest BCUT2D eigenvalue weighted by atomic mass is 28.3. The lowest BCUT2D eigenvalue weighted by Gasteiger charge is -2.32. The predicted molar refractivity (Wildman–Crippen MR) is 113 cm³/mol. The van der Waals surface area contributed by atoms with Crippen LogP contribution in [0.1, 0.15) is 23.2 Å². The molecule has 1 aromatic carbocycles. The molecule has 0 spiro atoms. The third-order valence-corrected chi connectivity index (χ3v) is 7.24. The lowest BCUT2D eigenvalue weighted by Crippen LogP contribution is -2.51. The van der Waals surface area contributed by atoms with Gasteiger partial charge in [0.1, 0.15) is 5.69 Å². The van der Waals surface area contributed by atoms with Crippen molar-refractivity contribution in [3.05, 3.63) is 11.6 Å². The summed E-state index contributed by atoms with van der Waals surface area (Å²) in [6.07, 6.45) is -0.858. The molecule has 2 N–H and O–H groups in total. The zero-order chi connectivity index (χ0) is 22.2. The van der Waals surface area contributed by atoms with Gasteiger partial charge in [0.2, 0.25) is 5.75 Å². The number of anilines is 1. The van der Waals surface area contributed by atoms with E-state index in [0.717, 1.165) is 10.9 Å². The van der Waals surface area contributed by atoms with Gasteiger partial charge in [0, 0.05) is 14.6 Å². The van der Waals surface area contributed by atoms with Crippen molar-refractivity contribution < 1.29 is 34.0 Å². The van der Waals surface area contributed by atoms with E-state index >= 15 is 0 Å². The second kappa shape index (κ2) is 8.35. The Hall–Kier alpha value is -2.46. The van der Waals surface area contributed by atoms with Crippen molar-refractivity contribution in [3.8, 4) is 17.2 Å². The number of carbonyl (C=O) groups excluding carboxylic acids is 2. The maximum absolute atomic E-state index is 13.3. The Morgan fingerprint density at radius 3 is 2.57 bits per heavy atom. The summed E-state index contributed by atoms with van der Waals surface area (Å²) < 4.78 is 16.0. The second-order valence-corrected chi connectivity index (χ2v) is 14.4. The SMILES string of the molecule is COc1cc2c(c(OC)c1O)N(C(=O)OCC[Si](C)(C)C)[C@@H](O)[C@@H]1CCCN1C2=O. The van der Waals surface area contributed by atoms with Gasteiger partial charge in [0.25, 0.3) is 5.91 Å². The van der Waals surface area contributed by atoms with Crippen molar-refractivity contribution in [1.29, 1.82) is 0 Å². The first-order chi connectivity index (χ1) is 14.1. The zero-order valence-electron chi connectivity index (χ0n) is 18.1. The first-order valence-electron chi connectivity index (χ1n) is 10.0. The molecular formula is C20H30N2O7Si. The molecule has 0 saturated carbocycles. The average Bonchev–Trinajstić information content (AvgIpc) is 3.14. The second-order valence-electron chi connectivity index (χ2n) is 8.77. The summed E-state index contributed by atoms with van der Waals surface area (Å²) in [5, 5.41) is 21.7. The Labute approximate surface area is 177 Å². The molecule has 3 rings (SSSR count). The molecule has 2 heterocycles. The van der Waals surface area contributed by atoms with Gasteiger partial charge in [-0.15, -0.1) is 0 Å². The van der Waals surface area contributed by atoms with Crippen LogP contribution < -0.4 is 14.4 Å². The lowest BCUT2D eigenvalue weighted by molar-refractivity contribution is 0.0492. The Kier molecular flexibility index (Phi) is 6.18. The number of hydrogen-bond donors (Lipinski definition) is 2. The topological polar surface area (TPSA) is 109 Å². The molecule has 2 amide bonds. The van der Waals surface area contributed by atoms with Crippen LogP contribution in [0.5, 0.6) is 17.2 Å². The van der Waals surface area contributed by atoms with E-state index < -0.39 is 26.4 Å². The number of aliphatic hydroxyl groups excluding tert-OH is 1. The molecule has 1 fully saturated rings. The van der Waals surface area contributed by atoms with Gasteiger partial charge in [-0.25, -0.2) is 9.69 Å². The summed E-state index contributed by atoms with van der Waals surface area (Å²) in [5.41, 5.74) is 0.0906. The number of nitrogens with zero attached hydrogens (tertiary/aromatic N) is 2. The fraction of sp³-hybridized carbons (Fsp3) is 0.600. The number of aliphatic hydroxyl groups is 1. The van der Waals surface area contributed by atoms with E-state index in [1.54, 1.807) is 4.90 Å². The zero-order valence-corrected chi connectivity index (χ0v) is 19.1. The highest BCUT2D eigenvalue weighted by Gasteiger charge is 2.47. The Morgan fingerprint density at radius 1 is 1.27 bits per heavy atom. The highest BCUT2D eigenvalue weighted by molar-refractivity contribution is 6.76. The molecule has 0 radical (unpaired) electrons. The lowest BCUT2D eigenvalue weighted by atomic mass is 10.1. The summed E-state index contributed by atoms with van der Waals surface area (Å²) >= 11 is 0. The van der Waals surface area contributed by atoms with Gasteiger partial charge < -0.3 is 29.3 Å². The van der Waals surface area contributed by atoms with Crippen LogP contribution in [0.3, 0.4) is 0 Å². The smallest absolute Gasteiger partial charge is 0.416 e. The molecule has 1 saturated heterocycles. The van der Waals surface area contributed by atoms with Crippen LogP contribution in [-0.2, 0) is 4.74 Å². The molecule has 166 valence electrons. The normalized spacial score (nSPS) is 21.1. The first kappa shape index (κ1) is 22.2. The number of amides is 2. The van der Waals surface area contributed by atoms with E-state index in [4.69, 9.17) is 14.2 Å². The fourth-order valence-electron chi connectivity index (χ4n) is 3.89. The van der Waals surface area contributed by atoms with Crippen molar-refractivity contribution >= 4 is 25.8 Å². The quantitative estimate of drug-likeness (QED) is 0.680. The van der Waals surface area contributed by atoms with Crippen LogP contribution in [-0.4, -0.2) is 74.8 Å². The summed E-state index contributed by atoms with van der Waals surface area (Å²) in [7, 11) is 1.23. The molecule has 2 atom stereocenters. The third kappa shape index (κ3) is 3.93. The van der Waals surface area contributed by atoms with Gasteiger partial charge in [0.05, 0.1) is 32.4 Å². The summed E-state index contributed by atoms with van der Waals surface area (Å²) in [5.74, 6) is -0.806. The van der Waals surface area contributed by atoms with Gasteiger partial charge in [-0.05, 0) is 25.0 Å². The van der Waals surface area contributed by atoms with Crippen LogP contribution in [0.15, 0.2) is 6.07 Å². The molecule has 0 unspecified atom stereocenters. The number of phenols is 1.